The number of nitrogens with zero attached hydrogens (tertiary/aromatic N) is 4. The molecule has 4 rings (SSSR count). The summed E-state index contributed by atoms with van der Waals surface area (Å²) in [6.45, 7) is 7.48. The lowest BCUT2D eigenvalue weighted by atomic mass is 9.95. The molecular formula is C23H28N4O2S. The maximum Gasteiger partial charge on any atom is 0.246 e. The SMILES string of the molecule is CCn1ncc(S(=O)(=O)N2CCC[C@@H](c3cccc(-c4cccc(C)c4)n3)C2)c1C. The number of hydrogen-bond acceptors (Lipinski definition) is 4. The first-order valence-corrected chi connectivity index (χ1v) is 11.9. The van der Waals surface area contributed by atoms with Gasteiger partial charge in [-0.05, 0) is 51.8 Å². The van der Waals surface area contributed by atoms with Gasteiger partial charge in [0.15, 0.2) is 0 Å². The number of aromatic nitrogens is 3. The van der Waals surface area contributed by atoms with Crippen molar-refractivity contribution in [2.24, 2.45) is 0 Å². The van der Waals surface area contributed by atoms with E-state index in [-0.39, 0.29) is 5.92 Å². The van der Waals surface area contributed by atoms with E-state index in [9.17, 15) is 8.42 Å². The van der Waals surface area contributed by atoms with Crippen LogP contribution in [-0.4, -0.2) is 40.6 Å². The molecule has 0 saturated carbocycles. The first kappa shape index (κ1) is 20.8. The largest absolute Gasteiger partial charge is 0.269 e. The predicted octanol–water partition coefficient (Wildman–Crippen LogP) is 4.15. The number of aryl methyl sites for hydroxylation is 2. The van der Waals surface area contributed by atoms with E-state index in [1.807, 2.05) is 38.1 Å². The number of benzene rings is 1. The Hall–Kier alpha value is -2.51. The minimum absolute atomic E-state index is 0.0832. The summed E-state index contributed by atoms with van der Waals surface area (Å²) in [6, 6.07) is 14.3. The van der Waals surface area contributed by atoms with Gasteiger partial charge in [0.1, 0.15) is 4.90 Å². The molecule has 0 amide bonds. The maximum atomic E-state index is 13.3. The van der Waals surface area contributed by atoms with Crippen molar-refractivity contribution in [2.45, 2.75) is 51.0 Å². The van der Waals surface area contributed by atoms with Crippen LogP contribution in [0.2, 0.25) is 0 Å². The molecule has 2 aromatic heterocycles. The molecule has 0 bridgehead atoms. The van der Waals surface area contributed by atoms with Gasteiger partial charge < -0.3 is 0 Å². The van der Waals surface area contributed by atoms with Gasteiger partial charge in [0, 0.05) is 36.8 Å². The zero-order valence-corrected chi connectivity index (χ0v) is 18.6. The third kappa shape index (κ3) is 3.91. The van der Waals surface area contributed by atoms with Crippen LogP contribution in [0.15, 0.2) is 53.6 Å². The van der Waals surface area contributed by atoms with Gasteiger partial charge in [-0.1, -0.05) is 29.8 Å². The monoisotopic (exact) mass is 424 g/mol. The fourth-order valence-electron chi connectivity index (χ4n) is 4.19. The molecule has 0 radical (unpaired) electrons. The van der Waals surface area contributed by atoms with E-state index in [4.69, 9.17) is 4.98 Å². The molecular weight excluding hydrogens is 396 g/mol. The summed E-state index contributed by atoms with van der Waals surface area (Å²) in [6.07, 6.45) is 3.24. The highest BCUT2D eigenvalue weighted by atomic mass is 32.2. The van der Waals surface area contributed by atoms with E-state index in [2.05, 4.69) is 30.2 Å². The van der Waals surface area contributed by atoms with Gasteiger partial charge in [0.05, 0.1) is 17.6 Å². The lowest BCUT2D eigenvalue weighted by Gasteiger charge is -2.31. The second-order valence-electron chi connectivity index (χ2n) is 7.93. The predicted molar refractivity (Wildman–Crippen MR) is 118 cm³/mol. The fourth-order valence-corrected chi connectivity index (χ4v) is 5.87. The first-order valence-electron chi connectivity index (χ1n) is 10.5. The normalized spacial score (nSPS) is 17.9. The Kier molecular flexibility index (Phi) is 5.75. The third-order valence-corrected chi connectivity index (χ3v) is 7.83. The Morgan fingerprint density at radius 3 is 2.67 bits per heavy atom. The molecule has 0 N–H and O–H groups in total. The highest BCUT2D eigenvalue weighted by Crippen LogP contribution is 2.31. The summed E-state index contributed by atoms with van der Waals surface area (Å²) in [5.41, 5.74) is 4.85. The van der Waals surface area contributed by atoms with Crippen molar-refractivity contribution in [1.29, 1.82) is 0 Å². The quantitative estimate of drug-likeness (QED) is 0.617. The molecule has 1 aliphatic rings. The Morgan fingerprint density at radius 1 is 1.13 bits per heavy atom. The van der Waals surface area contributed by atoms with Crippen LogP contribution in [0.4, 0.5) is 0 Å². The van der Waals surface area contributed by atoms with Crippen LogP contribution in [0.25, 0.3) is 11.3 Å². The smallest absolute Gasteiger partial charge is 0.246 e. The zero-order chi connectivity index (χ0) is 21.3. The minimum atomic E-state index is -3.57. The van der Waals surface area contributed by atoms with Gasteiger partial charge in [-0.25, -0.2) is 8.42 Å². The maximum absolute atomic E-state index is 13.3. The standard InChI is InChI=1S/C23H28N4O2S/c1-4-27-18(3)23(15-24-27)30(28,29)26-13-7-10-20(16-26)22-12-6-11-21(25-22)19-9-5-8-17(2)14-19/h5-6,8-9,11-12,14-15,20H,4,7,10,13,16H2,1-3H3/t20-/m1/s1. The molecule has 0 spiro atoms. The number of rotatable bonds is 5. The van der Waals surface area contributed by atoms with E-state index in [1.165, 1.54) is 11.8 Å². The highest BCUT2D eigenvalue weighted by Gasteiger charge is 2.33. The Labute approximate surface area is 178 Å². The van der Waals surface area contributed by atoms with Crippen molar-refractivity contribution in [3.63, 3.8) is 0 Å². The van der Waals surface area contributed by atoms with Crippen molar-refractivity contribution < 1.29 is 8.42 Å². The molecule has 0 aliphatic carbocycles. The lowest BCUT2D eigenvalue weighted by molar-refractivity contribution is 0.312. The topological polar surface area (TPSA) is 68.1 Å². The molecule has 7 heteroatoms. The molecule has 30 heavy (non-hydrogen) atoms. The molecule has 1 fully saturated rings. The minimum Gasteiger partial charge on any atom is -0.269 e. The number of hydrogen-bond donors (Lipinski definition) is 0. The first-order chi connectivity index (χ1) is 14.4. The highest BCUT2D eigenvalue weighted by molar-refractivity contribution is 7.89. The second-order valence-corrected chi connectivity index (χ2v) is 9.84. The van der Waals surface area contributed by atoms with Gasteiger partial charge in [-0.15, -0.1) is 0 Å². The van der Waals surface area contributed by atoms with Crippen LogP contribution in [0, 0.1) is 13.8 Å². The van der Waals surface area contributed by atoms with Gasteiger partial charge in [0.25, 0.3) is 0 Å². The molecule has 1 aliphatic heterocycles. The van der Waals surface area contributed by atoms with Crippen molar-refractivity contribution in [3.05, 3.63) is 65.6 Å². The molecule has 3 heterocycles. The summed E-state index contributed by atoms with van der Waals surface area (Å²) in [7, 11) is -3.57. The van der Waals surface area contributed by atoms with Crippen LogP contribution >= 0.6 is 0 Å². The van der Waals surface area contributed by atoms with Crippen molar-refractivity contribution in [2.75, 3.05) is 13.1 Å². The van der Waals surface area contributed by atoms with Crippen LogP contribution in [0.5, 0.6) is 0 Å². The van der Waals surface area contributed by atoms with Gasteiger partial charge in [-0.3, -0.25) is 9.67 Å². The summed E-state index contributed by atoms with van der Waals surface area (Å²) < 4.78 is 29.9. The number of sulfonamides is 1. The van der Waals surface area contributed by atoms with Gasteiger partial charge >= 0.3 is 0 Å². The molecule has 1 saturated heterocycles. The molecule has 3 aromatic rings. The Morgan fingerprint density at radius 2 is 1.93 bits per heavy atom. The molecule has 1 atom stereocenters. The number of piperidine rings is 1. The molecule has 6 nitrogen and oxygen atoms in total. The average Bonchev–Trinajstić information content (AvgIpc) is 3.15. The molecule has 0 unspecified atom stereocenters. The van der Waals surface area contributed by atoms with E-state index < -0.39 is 10.0 Å². The number of pyridine rings is 1. The van der Waals surface area contributed by atoms with Crippen LogP contribution in [0.3, 0.4) is 0 Å². The summed E-state index contributed by atoms with van der Waals surface area (Å²) in [5, 5.41) is 4.22. The van der Waals surface area contributed by atoms with Crippen molar-refractivity contribution >= 4 is 10.0 Å². The third-order valence-electron chi connectivity index (χ3n) is 5.86. The van der Waals surface area contributed by atoms with E-state index in [1.54, 1.807) is 8.99 Å². The Bertz CT molecular complexity index is 1150. The van der Waals surface area contributed by atoms with Crippen molar-refractivity contribution in [3.8, 4) is 11.3 Å². The summed E-state index contributed by atoms with van der Waals surface area (Å²) in [4.78, 5) is 5.21. The summed E-state index contributed by atoms with van der Waals surface area (Å²) >= 11 is 0. The van der Waals surface area contributed by atoms with Crippen LogP contribution in [0.1, 0.15) is 42.6 Å². The average molecular weight is 425 g/mol. The van der Waals surface area contributed by atoms with E-state index in [0.29, 0.717) is 30.2 Å². The Balaban J connectivity index is 1.60. The van der Waals surface area contributed by atoms with Gasteiger partial charge in [-0.2, -0.15) is 9.40 Å². The van der Waals surface area contributed by atoms with Crippen LogP contribution in [-0.2, 0) is 16.6 Å². The van der Waals surface area contributed by atoms with E-state index >= 15 is 0 Å². The summed E-state index contributed by atoms with van der Waals surface area (Å²) in [5.74, 6) is 0.0832. The molecule has 1 aromatic carbocycles. The zero-order valence-electron chi connectivity index (χ0n) is 17.7. The van der Waals surface area contributed by atoms with Crippen molar-refractivity contribution in [1.82, 2.24) is 19.1 Å². The second kappa shape index (κ2) is 8.32. The van der Waals surface area contributed by atoms with E-state index in [0.717, 1.165) is 29.8 Å². The fraction of sp³-hybridized carbons (Fsp3) is 0.391. The van der Waals surface area contributed by atoms with Crippen LogP contribution < -0.4 is 0 Å². The molecule has 158 valence electrons. The van der Waals surface area contributed by atoms with Gasteiger partial charge in [0.2, 0.25) is 10.0 Å². The lowest BCUT2D eigenvalue weighted by Crippen LogP contribution is -2.39.